The Hall–Kier alpha value is -2.49. The van der Waals surface area contributed by atoms with Gasteiger partial charge in [0.2, 0.25) is 0 Å². The van der Waals surface area contributed by atoms with Crippen LogP contribution >= 0.6 is 0 Å². The Labute approximate surface area is 110 Å². The van der Waals surface area contributed by atoms with Crippen LogP contribution < -0.4 is 4.74 Å². The number of aliphatic carboxylic acids is 1. The van der Waals surface area contributed by atoms with Gasteiger partial charge in [-0.1, -0.05) is 12.1 Å². The Balaban J connectivity index is 2.32. The van der Waals surface area contributed by atoms with Gasteiger partial charge in [0.1, 0.15) is 17.3 Å². The lowest BCUT2D eigenvalue weighted by Gasteiger charge is -2.02. The number of ether oxygens (including phenoxy) is 1. The van der Waals surface area contributed by atoms with Gasteiger partial charge in [0.05, 0.1) is 7.11 Å². The lowest BCUT2D eigenvalue weighted by molar-refractivity contribution is -0.131. The summed E-state index contributed by atoms with van der Waals surface area (Å²) >= 11 is 0. The number of hydrogen-bond acceptors (Lipinski definition) is 3. The molecule has 2 aromatic rings. The van der Waals surface area contributed by atoms with E-state index in [2.05, 4.69) is 0 Å². The van der Waals surface area contributed by atoms with Crippen molar-refractivity contribution in [2.45, 2.75) is 6.92 Å². The molecule has 0 radical (unpaired) electrons. The van der Waals surface area contributed by atoms with Crippen LogP contribution in [-0.4, -0.2) is 18.2 Å². The first kappa shape index (κ1) is 13.0. The average Bonchev–Trinajstić information content (AvgIpc) is 2.88. The molecule has 4 nitrogen and oxygen atoms in total. The lowest BCUT2D eigenvalue weighted by atomic mass is 10.1. The summed E-state index contributed by atoms with van der Waals surface area (Å²) in [6.07, 6.45) is 1.12. The fourth-order valence-corrected chi connectivity index (χ4v) is 1.74. The molecule has 1 aromatic heterocycles. The van der Waals surface area contributed by atoms with E-state index in [1.54, 1.807) is 20.1 Å². The molecule has 0 aliphatic rings. The van der Waals surface area contributed by atoms with E-state index in [0.29, 0.717) is 17.1 Å². The molecule has 0 spiro atoms. The Bertz CT molecular complexity index is 623. The van der Waals surface area contributed by atoms with Crippen molar-refractivity contribution in [1.29, 1.82) is 0 Å². The molecular weight excluding hydrogens is 244 g/mol. The summed E-state index contributed by atoms with van der Waals surface area (Å²) in [7, 11) is 1.60. The van der Waals surface area contributed by atoms with Crippen LogP contribution in [0.1, 0.15) is 12.7 Å². The van der Waals surface area contributed by atoms with Gasteiger partial charge in [0.25, 0.3) is 0 Å². The largest absolute Gasteiger partial charge is 0.497 e. The molecule has 98 valence electrons. The zero-order valence-electron chi connectivity index (χ0n) is 10.7. The van der Waals surface area contributed by atoms with Crippen LogP contribution in [0, 0.1) is 0 Å². The summed E-state index contributed by atoms with van der Waals surface area (Å²) in [6, 6.07) is 11.0. The summed E-state index contributed by atoms with van der Waals surface area (Å²) in [4.78, 5) is 10.6. The number of methoxy groups -OCH3 is 1. The number of hydrogen-bond donors (Lipinski definition) is 1. The van der Waals surface area contributed by atoms with Gasteiger partial charge >= 0.3 is 5.97 Å². The predicted molar refractivity (Wildman–Crippen MR) is 72.0 cm³/mol. The lowest BCUT2D eigenvalue weighted by Crippen LogP contribution is -1.88. The topological polar surface area (TPSA) is 59.7 Å². The van der Waals surface area contributed by atoms with E-state index in [1.165, 1.54) is 0 Å². The van der Waals surface area contributed by atoms with Crippen LogP contribution in [0.5, 0.6) is 5.75 Å². The molecule has 0 saturated heterocycles. The number of benzene rings is 1. The van der Waals surface area contributed by atoms with Gasteiger partial charge < -0.3 is 14.3 Å². The highest BCUT2D eigenvalue weighted by atomic mass is 16.5. The van der Waals surface area contributed by atoms with E-state index in [-0.39, 0.29) is 0 Å². The van der Waals surface area contributed by atoms with E-state index in [9.17, 15) is 4.79 Å². The average molecular weight is 258 g/mol. The van der Waals surface area contributed by atoms with Gasteiger partial charge in [0.15, 0.2) is 0 Å². The third-order valence-electron chi connectivity index (χ3n) is 2.69. The highest BCUT2D eigenvalue weighted by Crippen LogP contribution is 2.28. The first-order valence-electron chi connectivity index (χ1n) is 5.76. The number of rotatable bonds is 4. The fourth-order valence-electron chi connectivity index (χ4n) is 1.74. The molecule has 4 heteroatoms. The number of furan rings is 1. The van der Waals surface area contributed by atoms with Crippen molar-refractivity contribution in [3.8, 4) is 17.1 Å². The number of allylic oxidation sites excluding steroid dienone is 1. The Kier molecular flexibility index (Phi) is 3.71. The van der Waals surface area contributed by atoms with Crippen LogP contribution in [0.25, 0.3) is 16.9 Å². The summed E-state index contributed by atoms with van der Waals surface area (Å²) in [5.74, 6) is 0.970. The normalized spacial score (nSPS) is 11.4. The quantitative estimate of drug-likeness (QED) is 0.853. The van der Waals surface area contributed by atoms with Gasteiger partial charge in [-0.15, -0.1) is 0 Å². The SMILES string of the molecule is COc1cccc(-c2ccc(/C(C)=C/C(=O)O)o2)c1. The maximum atomic E-state index is 10.6. The van der Waals surface area contributed by atoms with E-state index >= 15 is 0 Å². The van der Waals surface area contributed by atoms with Gasteiger partial charge in [-0.3, -0.25) is 0 Å². The van der Waals surface area contributed by atoms with Crippen molar-refractivity contribution < 1.29 is 19.1 Å². The standard InChI is InChI=1S/C15H14O4/c1-10(8-15(16)17)13-6-7-14(19-13)11-4-3-5-12(9-11)18-2/h3-9H,1-2H3,(H,16,17)/b10-8+. The molecule has 0 amide bonds. The zero-order valence-corrected chi connectivity index (χ0v) is 10.7. The smallest absolute Gasteiger partial charge is 0.328 e. The molecule has 0 saturated carbocycles. The Morgan fingerprint density at radius 1 is 1.32 bits per heavy atom. The van der Waals surface area contributed by atoms with Gasteiger partial charge in [-0.25, -0.2) is 4.79 Å². The molecule has 0 atom stereocenters. The Morgan fingerprint density at radius 3 is 2.79 bits per heavy atom. The monoisotopic (exact) mass is 258 g/mol. The van der Waals surface area contributed by atoms with Crippen LogP contribution in [0.4, 0.5) is 0 Å². The maximum absolute atomic E-state index is 10.6. The number of carboxylic acid groups (broad SMARTS) is 1. The highest BCUT2D eigenvalue weighted by Gasteiger charge is 2.08. The van der Waals surface area contributed by atoms with Gasteiger partial charge in [-0.05, 0) is 36.8 Å². The molecular formula is C15H14O4. The minimum atomic E-state index is -0.989. The summed E-state index contributed by atoms with van der Waals surface area (Å²) < 4.78 is 10.8. The second-order valence-electron chi connectivity index (χ2n) is 4.06. The molecule has 1 aromatic carbocycles. The summed E-state index contributed by atoms with van der Waals surface area (Å²) in [5, 5.41) is 8.70. The second-order valence-corrected chi connectivity index (χ2v) is 4.06. The van der Waals surface area contributed by atoms with Crippen molar-refractivity contribution >= 4 is 11.5 Å². The molecule has 0 unspecified atom stereocenters. The van der Waals surface area contributed by atoms with E-state index < -0.39 is 5.97 Å². The molecule has 0 bridgehead atoms. The van der Waals surface area contributed by atoms with Crippen molar-refractivity contribution in [2.75, 3.05) is 7.11 Å². The first-order valence-corrected chi connectivity index (χ1v) is 5.76. The molecule has 19 heavy (non-hydrogen) atoms. The van der Waals surface area contributed by atoms with Crippen molar-refractivity contribution in [3.05, 3.63) is 48.2 Å². The molecule has 2 rings (SSSR count). The van der Waals surface area contributed by atoms with Crippen LogP contribution in [0.15, 0.2) is 46.9 Å². The molecule has 0 fully saturated rings. The molecule has 0 aliphatic carbocycles. The second kappa shape index (κ2) is 5.44. The molecule has 1 heterocycles. The minimum absolute atomic E-state index is 0.542. The summed E-state index contributed by atoms with van der Waals surface area (Å²) in [6.45, 7) is 1.70. The highest BCUT2D eigenvalue weighted by molar-refractivity contribution is 5.88. The van der Waals surface area contributed by atoms with Crippen molar-refractivity contribution in [2.24, 2.45) is 0 Å². The third kappa shape index (κ3) is 3.04. The fraction of sp³-hybridized carbons (Fsp3) is 0.133. The number of carbonyl (C=O) groups is 1. The molecule has 0 aliphatic heterocycles. The van der Waals surface area contributed by atoms with E-state index in [4.69, 9.17) is 14.3 Å². The van der Waals surface area contributed by atoms with Crippen LogP contribution in [-0.2, 0) is 4.79 Å². The van der Waals surface area contributed by atoms with Gasteiger partial charge in [-0.2, -0.15) is 0 Å². The maximum Gasteiger partial charge on any atom is 0.328 e. The predicted octanol–water partition coefficient (Wildman–Crippen LogP) is 3.44. The van der Waals surface area contributed by atoms with Crippen LogP contribution in [0.3, 0.4) is 0 Å². The Morgan fingerprint density at radius 2 is 2.11 bits per heavy atom. The van der Waals surface area contributed by atoms with Crippen molar-refractivity contribution in [1.82, 2.24) is 0 Å². The van der Waals surface area contributed by atoms with E-state index in [0.717, 1.165) is 17.4 Å². The zero-order chi connectivity index (χ0) is 13.8. The third-order valence-corrected chi connectivity index (χ3v) is 2.69. The van der Waals surface area contributed by atoms with Crippen LogP contribution in [0.2, 0.25) is 0 Å². The first-order chi connectivity index (χ1) is 9.10. The van der Waals surface area contributed by atoms with E-state index in [1.807, 2.05) is 30.3 Å². The number of carboxylic acids is 1. The van der Waals surface area contributed by atoms with Crippen molar-refractivity contribution in [3.63, 3.8) is 0 Å². The minimum Gasteiger partial charge on any atom is -0.497 e. The molecule has 1 N–H and O–H groups in total. The summed E-state index contributed by atoms with van der Waals surface area (Å²) in [5.41, 5.74) is 1.45. The van der Waals surface area contributed by atoms with Gasteiger partial charge in [0, 0.05) is 11.6 Å².